The fourth-order valence-corrected chi connectivity index (χ4v) is 4.61. The molecule has 2 aromatic heterocycles. The first-order valence-electron chi connectivity index (χ1n) is 9.96. The molecule has 5 rings (SSSR count). The van der Waals surface area contributed by atoms with Gasteiger partial charge < -0.3 is 19.9 Å². The molecule has 8 heteroatoms. The van der Waals surface area contributed by atoms with Gasteiger partial charge in [-0.2, -0.15) is 0 Å². The summed E-state index contributed by atoms with van der Waals surface area (Å²) in [4.78, 5) is 6.33. The lowest BCUT2D eigenvalue weighted by molar-refractivity contribution is 0.471. The Kier molecular flexibility index (Phi) is 5.28. The zero-order valence-corrected chi connectivity index (χ0v) is 18.3. The number of phenols is 1. The zero-order chi connectivity index (χ0) is 22.2. The van der Waals surface area contributed by atoms with Gasteiger partial charge in [0.15, 0.2) is 5.11 Å². The second kappa shape index (κ2) is 8.26. The van der Waals surface area contributed by atoms with Gasteiger partial charge in [0.1, 0.15) is 17.6 Å². The number of aromatic nitrogens is 2. The molecule has 160 valence electrons. The van der Waals surface area contributed by atoms with Crippen molar-refractivity contribution in [2.24, 2.45) is 0 Å². The second-order valence-electron chi connectivity index (χ2n) is 7.38. The number of anilines is 1. The highest BCUT2D eigenvalue weighted by Crippen LogP contribution is 2.45. The summed E-state index contributed by atoms with van der Waals surface area (Å²) in [6, 6.07) is 20.0. The van der Waals surface area contributed by atoms with Gasteiger partial charge in [0.2, 0.25) is 0 Å². The van der Waals surface area contributed by atoms with Crippen molar-refractivity contribution in [3.8, 4) is 11.4 Å². The van der Waals surface area contributed by atoms with Crippen LogP contribution in [0.15, 0.2) is 85.2 Å². The van der Waals surface area contributed by atoms with Gasteiger partial charge >= 0.3 is 0 Å². The van der Waals surface area contributed by atoms with Crippen LogP contribution in [0.5, 0.6) is 5.75 Å². The zero-order valence-electron chi connectivity index (χ0n) is 16.7. The van der Waals surface area contributed by atoms with Crippen molar-refractivity contribution in [2.45, 2.75) is 12.1 Å². The molecule has 2 aromatic carbocycles. The van der Waals surface area contributed by atoms with E-state index >= 15 is 0 Å². The Morgan fingerprint density at radius 2 is 1.81 bits per heavy atom. The summed E-state index contributed by atoms with van der Waals surface area (Å²) < 4.78 is 16.5. The highest BCUT2D eigenvalue weighted by molar-refractivity contribution is 7.80. The number of hydrogen-bond donors (Lipinski definition) is 2. The fraction of sp³-hybridized carbons (Fsp3) is 0.0833. The number of phenolic OH excluding ortho intramolecular Hbond substituents is 1. The lowest BCUT2D eigenvalue weighted by Crippen LogP contribution is -2.30. The third-order valence-electron chi connectivity index (χ3n) is 5.49. The Hall–Kier alpha value is -3.42. The maximum atomic E-state index is 14.7. The smallest absolute Gasteiger partial charge is 0.174 e. The maximum Gasteiger partial charge on any atom is 0.174 e. The van der Waals surface area contributed by atoms with Crippen LogP contribution in [0.1, 0.15) is 23.5 Å². The number of nitrogens with zero attached hydrogens (tertiary/aromatic N) is 3. The molecule has 0 unspecified atom stereocenters. The van der Waals surface area contributed by atoms with Gasteiger partial charge in [-0.1, -0.05) is 29.8 Å². The van der Waals surface area contributed by atoms with Crippen LogP contribution in [0, 0.1) is 5.82 Å². The van der Waals surface area contributed by atoms with Crippen LogP contribution in [0.3, 0.4) is 0 Å². The normalized spacial score (nSPS) is 18.1. The van der Waals surface area contributed by atoms with Gasteiger partial charge in [0.05, 0.1) is 23.1 Å². The monoisotopic (exact) mass is 464 g/mol. The molecule has 0 amide bonds. The Balaban J connectivity index is 1.71. The number of aromatic hydroxyl groups is 1. The first-order valence-corrected chi connectivity index (χ1v) is 10.7. The molecule has 1 aliphatic rings. The molecule has 0 saturated carbocycles. The topological polar surface area (TPSA) is 53.3 Å². The van der Waals surface area contributed by atoms with Crippen molar-refractivity contribution in [1.29, 1.82) is 0 Å². The summed E-state index contributed by atoms with van der Waals surface area (Å²) in [7, 11) is 0. The van der Waals surface area contributed by atoms with Crippen molar-refractivity contribution in [3.63, 3.8) is 0 Å². The highest BCUT2D eigenvalue weighted by atomic mass is 35.5. The molecule has 1 fully saturated rings. The molecule has 1 saturated heterocycles. The van der Waals surface area contributed by atoms with Crippen molar-refractivity contribution >= 4 is 34.6 Å². The number of thiocarbonyl (C=S) groups is 1. The molecule has 0 radical (unpaired) electrons. The predicted molar refractivity (Wildman–Crippen MR) is 127 cm³/mol. The second-order valence-corrected chi connectivity index (χ2v) is 8.21. The number of nitrogens with one attached hydrogen (secondary N) is 1. The quantitative estimate of drug-likeness (QED) is 0.388. The van der Waals surface area contributed by atoms with Crippen LogP contribution >= 0.6 is 23.8 Å². The van der Waals surface area contributed by atoms with E-state index in [0.29, 0.717) is 21.5 Å². The molecule has 5 nitrogen and oxygen atoms in total. The Morgan fingerprint density at radius 1 is 1.00 bits per heavy atom. The molecule has 1 aliphatic heterocycles. The first kappa shape index (κ1) is 20.5. The standard InChI is InChI=1S/C24H18ClFN4OS/c25-15-10-11-21(31)20(14-15)30-23(22(28-24(30)32)17-7-3-4-12-27-17)19-9-5-13-29(19)18-8-2-1-6-16(18)26/h1-14,22-23,31H,(H,28,32)/t22-,23-/m0/s1. The van der Waals surface area contributed by atoms with E-state index < -0.39 is 6.04 Å². The molecule has 0 spiro atoms. The number of para-hydroxylation sites is 1. The number of rotatable bonds is 4. The Morgan fingerprint density at radius 3 is 2.59 bits per heavy atom. The fourth-order valence-electron chi connectivity index (χ4n) is 4.11. The molecular formula is C24H18ClFN4OS. The van der Waals surface area contributed by atoms with Crippen LogP contribution in [-0.4, -0.2) is 19.8 Å². The predicted octanol–water partition coefficient (Wildman–Crippen LogP) is 5.55. The first-order chi connectivity index (χ1) is 15.5. The van der Waals surface area contributed by atoms with Gasteiger partial charge in [-0.15, -0.1) is 0 Å². The number of hydrogen-bond acceptors (Lipinski definition) is 3. The van der Waals surface area contributed by atoms with Gasteiger partial charge in [-0.05, 0) is 66.8 Å². The summed E-state index contributed by atoms with van der Waals surface area (Å²) in [6.45, 7) is 0. The van der Waals surface area contributed by atoms with E-state index in [4.69, 9.17) is 23.8 Å². The van der Waals surface area contributed by atoms with Crippen LogP contribution in [0.2, 0.25) is 5.02 Å². The number of halogens is 2. The van der Waals surface area contributed by atoms with Crippen molar-refractivity contribution in [1.82, 2.24) is 14.9 Å². The molecule has 2 N–H and O–H groups in total. The van der Waals surface area contributed by atoms with E-state index in [2.05, 4.69) is 10.3 Å². The van der Waals surface area contributed by atoms with Crippen molar-refractivity contribution in [2.75, 3.05) is 4.90 Å². The van der Waals surface area contributed by atoms with Crippen LogP contribution in [0.25, 0.3) is 5.69 Å². The molecule has 0 aliphatic carbocycles. The van der Waals surface area contributed by atoms with E-state index in [9.17, 15) is 9.50 Å². The van der Waals surface area contributed by atoms with E-state index in [1.165, 1.54) is 12.1 Å². The van der Waals surface area contributed by atoms with Crippen molar-refractivity contribution < 1.29 is 9.50 Å². The highest BCUT2D eigenvalue weighted by Gasteiger charge is 2.43. The lowest BCUT2D eigenvalue weighted by atomic mass is 10.0. The minimum absolute atomic E-state index is 0.0363. The summed E-state index contributed by atoms with van der Waals surface area (Å²) in [5.41, 5.74) is 2.42. The van der Waals surface area contributed by atoms with Crippen molar-refractivity contribution in [3.05, 3.63) is 107 Å². The average Bonchev–Trinajstić information content (AvgIpc) is 3.40. The SMILES string of the molecule is Oc1ccc(Cl)cc1N1C(=S)N[C@@H](c2ccccn2)[C@@H]1c1cccn1-c1ccccc1F. The van der Waals surface area contributed by atoms with Gasteiger partial charge in [-0.25, -0.2) is 4.39 Å². The Labute approximate surface area is 194 Å². The van der Waals surface area contributed by atoms with E-state index in [-0.39, 0.29) is 17.6 Å². The summed E-state index contributed by atoms with van der Waals surface area (Å²) in [5.74, 6) is -0.306. The maximum absolute atomic E-state index is 14.7. The number of pyridine rings is 1. The minimum Gasteiger partial charge on any atom is -0.506 e. The summed E-state index contributed by atoms with van der Waals surface area (Å²) in [5, 5.41) is 14.8. The molecule has 32 heavy (non-hydrogen) atoms. The molecular weight excluding hydrogens is 447 g/mol. The van der Waals surface area contributed by atoms with Crippen LogP contribution in [-0.2, 0) is 0 Å². The van der Waals surface area contributed by atoms with E-state index in [1.807, 2.05) is 35.2 Å². The number of benzene rings is 2. The lowest BCUT2D eigenvalue weighted by Gasteiger charge is -2.29. The average molecular weight is 465 g/mol. The largest absolute Gasteiger partial charge is 0.506 e. The Bertz CT molecular complexity index is 1300. The summed E-state index contributed by atoms with van der Waals surface area (Å²) in [6.07, 6.45) is 3.52. The molecule has 3 heterocycles. The van der Waals surface area contributed by atoms with Gasteiger partial charge in [0, 0.05) is 23.1 Å². The molecule has 4 aromatic rings. The third kappa shape index (κ3) is 3.49. The minimum atomic E-state index is -0.434. The van der Waals surface area contributed by atoms with E-state index in [1.54, 1.807) is 47.3 Å². The van der Waals surface area contributed by atoms with Gasteiger partial charge in [0.25, 0.3) is 0 Å². The molecule has 0 bridgehead atoms. The van der Waals surface area contributed by atoms with Gasteiger partial charge in [-0.3, -0.25) is 4.98 Å². The third-order valence-corrected chi connectivity index (χ3v) is 6.04. The van der Waals surface area contributed by atoms with E-state index in [0.717, 1.165) is 11.4 Å². The molecule has 2 atom stereocenters. The summed E-state index contributed by atoms with van der Waals surface area (Å²) >= 11 is 11.9. The van der Waals surface area contributed by atoms with Crippen LogP contribution < -0.4 is 10.2 Å². The van der Waals surface area contributed by atoms with Crippen LogP contribution in [0.4, 0.5) is 10.1 Å².